The summed E-state index contributed by atoms with van der Waals surface area (Å²) in [5.74, 6) is 6.95. The lowest BCUT2D eigenvalue weighted by Gasteiger charge is -2.35. The molecule has 39 heavy (non-hydrogen) atoms. The first kappa shape index (κ1) is 29.3. The van der Waals surface area contributed by atoms with Gasteiger partial charge in [-0.05, 0) is 74.5 Å². The van der Waals surface area contributed by atoms with Gasteiger partial charge in [0.15, 0.2) is 0 Å². The Morgan fingerprint density at radius 3 is 2.64 bits per heavy atom. The number of hydrogen-bond donors (Lipinski definition) is 2. The fourth-order valence-electron chi connectivity index (χ4n) is 4.95. The van der Waals surface area contributed by atoms with Gasteiger partial charge < -0.3 is 24.8 Å². The van der Waals surface area contributed by atoms with Crippen LogP contribution in [0.15, 0.2) is 36.4 Å². The lowest BCUT2D eigenvalue weighted by Crippen LogP contribution is -2.43. The summed E-state index contributed by atoms with van der Waals surface area (Å²) in [4.78, 5) is 2.73. The zero-order chi connectivity index (χ0) is 28.4. The van der Waals surface area contributed by atoms with Crippen LogP contribution in [-0.2, 0) is 11.0 Å². The Kier molecular flexibility index (Phi) is 8.90. The molecule has 1 aliphatic rings. The van der Waals surface area contributed by atoms with Gasteiger partial charge in [-0.2, -0.15) is 13.2 Å². The van der Waals surface area contributed by atoms with E-state index in [0.29, 0.717) is 32.9 Å². The third-order valence-electron chi connectivity index (χ3n) is 7.02. The number of halogens is 3. The highest BCUT2D eigenvalue weighted by Gasteiger charge is 2.31. The Bertz CT molecular complexity index is 1440. The number of alkyl halides is 3. The zero-order valence-corrected chi connectivity index (χ0v) is 24.6. The Balaban J connectivity index is 1.60. The number of thiophene rings is 1. The smallest absolute Gasteiger partial charge is 0.393 e. The van der Waals surface area contributed by atoms with Gasteiger partial charge in [0.1, 0.15) is 12.9 Å². The summed E-state index contributed by atoms with van der Waals surface area (Å²) in [6.45, 7) is 7.76. The number of nitrogens with one attached hydrogen (secondary N) is 2. The van der Waals surface area contributed by atoms with Gasteiger partial charge in [-0.15, -0.1) is 11.3 Å². The molecule has 4 rings (SSSR count). The second kappa shape index (κ2) is 11.8. The van der Waals surface area contributed by atoms with Crippen LogP contribution in [0.1, 0.15) is 23.8 Å². The highest BCUT2D eigenvalue weighted by Crippen LogP contribution is 2.40. The highest BCUT2D eigenvalue weighted by atomic mass is 32.1. The topological polar surface area (TPSA) is 53.6 Å². The number of ether oxygens (including phenoxy) is 1. The molecule has 0 spiro atoms. The Morgan fingerprint density at radius 2 is 1.97 bits per heavy atom. The second-order valence-corrected chi connectivity index (χ2v) is 14.8. The molecule has 1 aromatic heterocycles. The van der Waals surface area contributed by atoms with Crippen molar-refractivity contribution in [3.63, 3.8) is 0 Å². The zero-order valence-electron chi connectivity index (χ0n) is 22.9. The van der Waals surface area contributed by atoms with Gasteiger partial charge in [0.2, 0.25) is 0 Å². The van der Waals surface area contributed by atoms with E-state index < -0.39 is 19.7 Å². The van der Waals surface area contributed by atoms with E-state index in [4.69, 9.17) is 4.74 Å². The van der Waals surface area contributed by atoms with Crippen molar-refractivity contribution in [2.24, 2.45) is 5.92 Å². The maximum atomic E-state index is 13.6. The van der Waals surface area contributed by atoms with Gasteiger partial charge >= 0.3 is 6.18 Å². The van der Waals surface area contributed by atoms with E-state index in [2.05, 4.69) is 41.3 Å². The third-order valence-corrected chi connectivity index (χ3v) is 9.74. The van der Waals surface area contributed by atoms with Gasteiger partial charge in [0.05, 0.1) is 41.0 Å². The fourth-order valence-corrected chi connectivity index (χ4v) is 6.99. The normalized spacial score (nSPS) is 18.5. The van der Waals surface area contributed by atoms with Crippen LogP contribution in [0.5, 0.6) is 5.75 Å². The molecule has 1 fully saturated rings. The molecule has 2 aromatic carbocycles. The summed E-state index contributed by atoms with van der Waals surface area (Å²) in [6.07, 6.45) is -4.39. The van der Waals surface area contributed by atoms with Gasteiger partial charge in [-0.1, -0.05) is 30.9 Å². The molecule has 0 unspecified atom stereocenters. The summed E-state index contributed by atoms with van der Waals surface area (Å²) in [5, 5.41) is 8.09. The van der Waals surface area contributed by atoms with Crippen LogP contribution in [0.2, 0.25) is 0 Å². The van der Waals surface area contributed by atoms with Gasteiger partial charge in [0.25, 0.3) is 0 Å². The van der Waals surface area contributed by atoms with Crippen LogP contribution in [0, 0.1) is 17.8 Å². The molecule has 0 aliphatic carbocycles. The predicted octanol–water partition coefficient (Wildman–Crippen LogP) is 6.48. The largest absolute Gasteiger partial charge is 0.495 e. The molecule has 0 amide bonds. The number of fused-ring (bicyclic) bond motifs is 1. The van der Waals surface area contributed by atoms with Crippen molar-refractivity contribution in [3.05, 3.63) is 46.8 Å². The molecule has 2 atom stereocenters. The first-order valence-corrected chi connectivity index (χ1v) is 16.3. The number of rotatable bonds is 7. The lowest BCUT2D eigenvalue weighted by atomic mass is 9.94. The number of anilines is 2. The lowest BCUT2D eigenvalue weighted by molar-refractivity contribution is -0.126. The van der Waals surface area contributed by atoms with E-state index in [9.17, 15) is 17.7 Å². The average molecular weight is 578 g/mol. The third kappa shape index (κ3) is 7.30. The van der Waals surface area contributed by atoms with Crippen molar-refractivity contribution in [3.8, 4) is 17.6 Å². The quantitative estimate of drug-likeness (QED) is 0.249. The second-order valence-electron chi connectivity index (χ2n) is 10.6. The molecule has 5 nitrogen and oxygen atoms in total. The number of methoxy groups -OCH3 is 1. The molecule has 0 bridgehead atoms. The molecule has 0 radical (unpaired) electrons. The highest BCUT2D eigenvalue weighted by molar-refractivity contribution is 7.70. The SMILES string of the molecule is COc1cc(P(C)(C)=O)ccc1NCC#Cc1sc2c(N[C@@H]3CCN(C)C[C@H]3C)cccc2c1CC(F)(F)F. The van der Waals surface area contributed by atoms with Crippen molar-refractivity contribution in [2.75, 3.05) is 57.8 Å². The van der Waals surface area contributed by atoms with Crippen LogP contribution in [0.25, 0.3) is 10.1 Å². The van der Waals surface area contributed by atoms with Crippen molar-refractivity contribution < 1.29 is 22.5 Å². The van der Waals surface area contributed by atoms with Gasteiger partial charge in [0, 0.05) is 17.9 Å². The van der Waals surface area contributed by atoms with Crippen molar-refractivity contribution in [2.45, 2.75) is 32.0 Å². The fraction of sp³-hybridized carbons (Fsp3) is 0.448. The maximum absolute atomic E-state index is 13.6. The van der Waals surface area contributed by atoms with Gasteiger partial charge in [-0.3, -0.25) is 0 Å². The number of piperidine rings is 1. The molecular formula is C29H35F3N3O2PS. The van der Waals surface area contributed by atoms with E-state index in [1.165, 1.54) is 18.4 Å². The van der Waals surface area contributed by atoms with E-state index in [1.807, 2.05) is 12.1 Å². The molecule has 2 heterocycles. The van der Waals surface area contributed by atoms with Crippen molar-refractivity contribution in [1.82, 2.24) is 4.90 Å². The number of likely N-dealkylation sites (tertiary alicyclic amines) is 1. The molecule has 0 saturated carbocycles. The van der Waals surface area contributed by atoms with Gasteiger partial charge in [-0.25, -0.2) is 0 Å². The van der Waals surface area contributed by atoms with Crippen LogP contribution in [-0.4, -0.2) is 64.2 Å². The standard InChI is InChI=1S/C29H35F3N3O2PS/c1-19-18-35(2)15-13-23(19)34-25-9-6-8-21-22(17-29(30,31)32)27(39-28(21)25)10-7-14-33-24-12-11-20(38(4,5)36)16-26(24)37-3/h6,8-9,11-12,16,19,23,33-34H,13-15,17-18H2,1-5H3/t19-,23-/m1/s1. The molecule has 3 aromatic rings. The number of nitrogens with zero attached hydrogens (tertiary/aromatic N) is 1. The minimum Gasteiger partial charge on any atom is -0.495 e. The summed E-state index contributed by atoms with van der Waals surface area (Å²) in [7, 11) is 1.20. The summed E-state index contributed by atoms with van der Waals surface area (Å²) in [5.41, 5.74) is 1.76. The molecule has 1 aliphatic heterocycles. The maximum Gasteiger partial charge on any atom is 0.393 e. The first-order valence-electron chi connectivity index (χ1n) is 12.9. The number of hydrogen-bond acceptors (Lipinski definition) is 6. The molecule has 2 N–H and O–H groups in total. The van der Waals surface area contributed by atoms with E-state index in [1.54, 1.807) is 37.6 Å². The van der Waals surface area contributed by atoms with Crippen molar-refractivity contribution >= 4 is 45.2 Å². The molecule has 1 saturated heterocycles. The average Bonchev–Trinajstić information content (AvgIpc) is 3.19. The van der Waals surface area contributed by atoms with Crippen LogP contribution >= 0.6 is 18.5 Å². The van der Waals surface area contributed by atoms with E-state index in [-0.39, 0.29) is 18.2 Å². The minimum atomic E-state index is -4.35. The van der Waals surface area contributed by atoms with Crippen LogP contribution < -0.4 is 20.7 Å². The summed E-state index contributed by atoms with van der Waals surface area (Å²) in [6, 6.07) is 11.1. The Morgan fingerprint density at radius 1 is 1.21 bits per heavy atom. The van der Waals surface area contributed by atoms with E-state index >= 15 is 0 Å². The summed E-state index contributed by atoms with van der Waals surface area (Å²) >= 11 is 1.31. The minimum absolute atomic E-state index is 0.212. The Hall–Kier alpha value is -2.66. The monoisotopic (exact) mass is 577 g/mol. The van der Waals surface area contributed by atoms with Crippen molar-refractivity contribution in [1.29, 1.82) is 0 Å². The summed E-state index contributed by atoms with van der Waals surface area (Å²) < 4.78 is 59.4. The molecule has 210 valence electrons. The number of benzene rings is 2. The van der Waals surface area contributed by atoms with E-state index in [0.717, 1.165) is 29.9 Å². The molecular weight excluding hydrogens is 542 g/mol. The Labute approximate surface area is 232 Å². The van der Waals surface area contributed by atoms with Crippen LogP contribution in [0.3, 0.4) is 0 Å². The predicted molar refractivity (Wildman–Crippen MR) is 158 cm³/mol. The van der Waals surface area contributed by atoms with Crippen LogP contribution in [0.4, 0.5) is 24.5 Å². The first-order chi connectivity index (χ1) is 18.4. The molecule has 10 heteroatoms.